The van der Waals surface area contributed by atoms with Gasteiger partial charge in [-0.1, -0.05) is 42.5 Å². The molecule has 1 unspecified atom stereocenters. The van der Waals surface area contributed by atoms with Crippen molar-refractivity contribution < 1.29 is 5.11 Å². The van der Waals surface area contributed by atoms with Gasteiger partial charge in [0.15, 0.2) is 0 Å². The van der Waals surface area contributed by atoms with Gasteiger partial charge in [0, 0.05) is 23.6 Å². The molecule has 2 aromatic rings. The maximum Gasteiger partial charge on any atom is 0.0591 e. The van der Waals surface area contributed by atoms with Crippen LogP contribution in [0.3, 0.4) is 0 Å². The first-order valence-electron chi connectivity index (χ1n) is 9.33. The van der Waals surface area contributed by atoms with Crippen LogP contribution in [-0.4, -0.2) is 16.7 Å². The van der Waals surface area contributed by atoms with E-state index in [1.165, 1.54) is 11.4 Å². The summed E-state index contributed by atoms with van der Waals surface area (Å²) in [5, 5.41) is 9.29. The molecule has 0 saturated heterocycles. The van der Waals surface area contributed by atoms with Crippen LogP contribution < -0.4 is 10.6 Å². The van der Waals surface area contributed by atoms with Crippen LogP contribution in [0.2, 0.25) is 0 Å². The third kappa shape index (κ3) is 9.40. The summed E-state index contributed by atoms with van der Waals surface area (Å²) in [6.45, 7) is 7.67. The predicted octanol–water partition coefficient (Wildman–Crippen LogP) is 5.63. The van der Waals surface area contributed by atoms with Crippen LogP contribution in [0.1, 0.15) is 47.0 Å². The number of hydrogen-bond acceptors (Lipinski definition) is 3. The minimum Gasteiger partial charge on any atom is -0.390 e. The molecule has 0 aromatic heterocycles. The normalized spacial score (nSPS) is 12.4. The van der Waals surface area contributed by atoms with Crippen molar-refractivity contribution in [3.05, 3.63) is 72.9 Å². The lowest BCUT2D eigenvalue weighted by molar-refractivity contribution is 0.0678. The standard InChI is InChI=1S/C15H15N.C8H19NO/c1-2-13-16(14-9-5-3-6-10-14)15-11-7-4-8-12-15;1-7(9)5-4-6-8(2,3)10/h2-13H,1H3;7,10H,4-6,9H2,1-3H3. The molecule has 0 aliphatic carbocycles. The smallest absolute Gasteiger partial charge is 0.0591 e. The zero-order valence-electron chi connectivity index (χ0n) is 16.6. The predicted molar refractivity (Wildman–Crippen MR) is 114 cm³/mol. The molecule has 0 aliphatic heterocycles. The van der Waals surface area contributed by atoms with Gasteiger partial charge >= 0.3 is 0 Å². The molecule has 0 radical (unpaired) electrons. The first-order chi connectivity index (χ1) is 12.3. The molecule has 0 spiro atoms. The highest BCUT2D eigenvalue weighted by Crippen LogP contribution is 2.24. The van der Waals surface area contributed by atoms with E-state index in [4.69, 9.17) is 5.73 Å². The molecule has 2 rings (SSSR count). The maximum absolute atomic E-state index is 9.29. The molecular formula is C23H34N2O. The fraction of sp³-hybridized carbons (Fsp3) is 0.391. The number of hydrogen-bond donors (Lipinski definition) is 2. The lowest BCUT2D eigenvalue weighted by atomic mass is 10.0. The number of anilines is 2. The molecular weight excluding hydrogens is 320 g/mol. The minimum atomic E-state index is -0.519. The number of nitrogens with two attached hydrogens (primary N) is 1. The van der Waals surface area contributed by atoms with Crippen molar-refractivity contribution in [3.63, 3.8) is 0 Å². The van der Waals surface area contributed by atoms with Crippen LogP contribution in [0.4, 0.5) is 11.4 Å². The highest BCUT2D eigenvalue weighted by molar-refractivity contribution is 5.65. The van der Waals surface area contributed by atoms with Crippen molar-refractivity contribution >= 4 is 11.4 Å². The lowest BCUT2D eigenvalue weighted by Gasteiger charge is -2.20. The lowest BCUT2D eigenvalue weighted by Crippen LogP contribution is -2.20. The van der Waals surface area contributed by atoms with Gasteiger partial charge in [-0.2, -0.15) is 0 Å². The van der Waals surface area contributed by atoms with Gasteiger partial charge in [0.05, 0.1) is 5.60 Å². The van der Waals surface area contributed by atoms with Gasteiger partial charge in [-0.05, 0) is 71.2 Å². The zero-order valence-corrected chi connectivity index (χ0v) is 16.6. The largest absolute Gasteiger partial charge is 0.390 e. The number of allylic oxidation sites excluding steroid dienone is 1. The van der Waals surface area contributed by atoms with Crippen LogP contribution >= 0.6 is 0 Å². The molecule has 0 saturated carbocycles. The summed E-state index contributed by atoms with van der Waals surface area (Å²) in [4.78, 5) is 2.17. The van der Waals surface area contributed by atoms with E-state index in [2.05, 4.69) is 59.6 Å². The molecule has 0 fully saturated rings. The second-order valence-electron chi connectivity index (χ2n) is 7.21. The van der Waals surface area contributed by atoms with Crippen LogP contribution in [0, 0.1) is 0 Å². The fourth-order valence-corrected chi connectivity index (χ4v) is 2.50. The molecule has 3 nitrogen and oxygen atoms in total. The summed E-state index contributed by atoms with van der Waals surface area (Å²) in [7, 11) is 0. The fourth-order valence-electron chi connectivity index (χ4n) is 2.50. The average molecular weight is 355 g/mol. The van der Waals surface area contributed by atoms with Crippen LogP contribution in [0.15, 0.2) is 72.9 Å². The Morgan fingerprint density at radius 3 is 1.81 bits per heavy atom. The quantitative estimate of drug-likeness (QED) is 0.677. The number of aliphatic hydroxyl groups is 1. The van der Waals surface area contributed by atoms with Gasteiger partial charge in [-0.15, -0.1) is 0 Å². The first kappa shape index (κ1) is 21.9. The van der Waals surface area contributed by atoms with Crippen molar-refractivity contribution in [2.75, 3.05) is 4.90 Å². The summed E-state index contributed by atoms with van der Waals surface area (Å²) < 4.78 is 0. The maximum atomic E-state index is 9.29. The summed E-state index contributed by atoms with van der Waals surface area (Å²) in [6.07, 6.45) is 6.98. The molecule has 0 heterocycles. The summed E-state index contributed by atoms with van der Waals surface area (Å²) in [5.74, 6) is 0. The van der Waals surface area contributed by atoms with E-state index >= 15 is 0 Å². The number of benzene rings is 2. The molecule has 2 aromatic carbocycles. The second-order valence-corrected chi connectivity index (χ2v) is 7.21. The van der Waals surface area contributed by atoms with Gasteiger partial charge in [-0.25, -0.2) is 0 Å². The van der Waals surface area contributed by atoms with Gasteiger partial charge < -0.3 is 15.7 Å². The van der Waals surface area contributed by atoms with E-state index in [9.17, 15) is 5.11 Å². The Labute approximate surface area is 159 Å². The van der Waals surface area contributed by atoms with E-state index in [1.807, 2.05) is 45.9 Å². The summed E-state index contributed by atoms with van der Waals surface area (Å²) in [6, 6.07) is 20.9. The van der Waals surface area contributed by atoms with Crippen molar-refractivity contribution in [1.29, 1.82) is 0 Å². The van der Waals surface area contributed by atoms with Crippen LogP contribution in [0.25, 0.3) is 0 Å². The van der Waals surface area contributed by atoms with Gasteiger partial charge in [0.25, 0.3) is 0 Å². The van der Waals surface area contributed by atoms with Crippen molar-refractivity contribution in [2.45, 2.75) is 58.6 Å². The highest BCUT2D eigenvalue weighted by atomic mass is 16.3. The first-order valence-corrected chi connectivity index (χ1v) is 9.33. The Kier molecular flexibility index (Phi) is 9.71. The number of rotatable bonds is 7. The molecule has 0 bridgehead atoms. The van der Waals surface area contributed by atoms with Gasteiger partial charge in [0.1, 0.15) is 0 Å². The van der Waals surface area contributed by atoms with E-state index in [-0.39, 0.29) is 6.04 Å². The molecule has 0 aliphatic rings. The summed E-state index contributed by atoms with van der Waals surface area (Å²) >= 11 is 0. The van der Waals surface area contributed by atoms with E-state index in [1.54, 1.807) is 0 Å². The van der Waals surface area contributed by atoms with E-state index in [0.717, 1.165) is 19.3 Å². The number of para-hydroxylation sites is 2. The molecule has 3 N–H and O–H groups in total. The molecule has 0 amide bonds. The Hall–Kier alpha value is -2.10. The van der Waals surface area contributed by atoms with Gasteiger partial charge in [0.2, 0.25) is 0 Å². The number of nitrogens with zero attached hydrogens (tertiary/aromatic N) is 1. The van der Waals surface area contributed by atoms with Crippen molar-refractivity contribution in [2.24, 2.45) is 5.73 Å². The molecule has 26 heavy (non-hydrogen) atoms. The Morgan fingerprint density at radius 2 is 1.46 bits per heavy atom. The van der Waals surface area contributed by atoms with E-state index in [0.29, 0.717) is 0 Å². The Balaban J connectivity index is 0.000000294. The topological polar surface area (TPSA) is 49.5 Å². The van der Waals surface area contributed by atoms with Crippen molar-refractivity contribution in [3.8, 4) is 0 Å². The molecule has 142 valence electrons. The Bertz CT molecular complexity index is 576. The highest BCUT2D eigenvalue weighted by Gasteiger charge is 2.11. The zero-order chi connectivity index (χ0) is 19.4. The van der Waals surface area contributed by atoms with E-state index < -0.39 is 5.60 Å². The molecule has 3 heteroatoms. The second kappa shape index (κ2) is 11.5. The third-order valence-corrected chi connectivity index (χ3v) is 3.81. The summed E-state index contributed by atoms with van der Waals surface area (Å²) in [5.41, 5.74) is 7.37. The Morgan fingerprint density at radius 1 is 1.00 bits per heavy atom. The SMILES string of the molecule is CC(N)CCCC(C)(C)O.CC=CN(c1ccccc1)c1ccccc1. The monoisotopic (exact) mass is 354 g/mol. The third-order valence-electron chi connectivity index (χ3n) is 3.81. The minimum absolute atomic E-state index is 0.266. The average Bonchev–Trinajstić information content (AvgIpc) is 2.60. The van der Waals surface area contributed by atoms with Crippen LogP contribution in [-0.2, 0) is 0 Å². The van der Waals surface area contributed by atoms with Gasteiger partial charge in [-0.3, -0.25) is 0 Å². The molecule has 1 atom stereocenters. The van der Waals surface area contributed by atoms with Crippen LogP contribution in [0.5, 0.6) is 0 Å². The van der Waals surface area contributed by atoms with Crippen molar-refractivity contribution in [1.82, 2.24) is 0 Å².